The SMILES string of the molecule is Cc1cc(C)cc(C2CN=C(N)N2c2ccccc2Br)c1. The summed E-state index contributed by atoms with van der Waals surface area (Å²) in [7, 11) is 0. The zero-order chi connectivity index (χ0) is 15.0. The van der Waals surface area contributed by atoms with Crippen molar-refractivity contribution in [1.29, 1.82) is 0 Å². The lowest BCUT2D eigenvalue weighted by Crippen LogP contribution is -2.36. The van der Waals surface area contributed by atoms with E-state index in [1.54, 1.807) is 0 Å². The topological polar surface area (TPSA) is 41.6 Å². The monoisotopic (exact) mass is 343 g/mol. The summed E-state index contributed by atoms with van der Waals surface area (Å²) in [6.07, 6.45) is 0. The third kappa shape index (κ3) is 2.68. The molecule has 108 valence electrons. The maximum absolute atomic E-state index is 6.14. The molecule has 3 nitrogen and oxygen atoms in total. The van der Waals surface area contributed by atoms with Gasteiger partial charge in [0.1, 0.15) is 0 Å². The number of benzene rings is 2. The molecule has 0 amide bonds. The molecule has 0 saturated carbocycles. The molecule has 1 atom stereocenters. The first kappa shape index (κ1) is 14.1. The van der Waals surface area contributed by atoms with Gasteiger partial charge in [0.05, 0.1) is 18.3 Å². The Kier molecular flexibility index (Phi) is 3.72. The fourth-order valence-corrected chi connectivity index (χ4v) is 3.37. The summed E-state index contributed by atoms with van der Waals surface area (Å²) in [6, 6.07) is 14.9. The summed E-state index contributed by atoms with van der Waals surface area (Å²) in [5.41, 5.74) is 11.0. The first-order valence-electron chi connectivity index (χ1n) is 6.98. The Labute approximate surface area is 133 Å². The molecule has 0 fully saturated rings. The molecule has 0 bridgehead atoms. The predicted octanol–water partition coefficient (Wildman–Crippen LogP) is 3.94. The van der Waals surface area contributed by atoms with Crippen molar-refractivity contribution in [1.82, 2.24) is 0 Å². The van der Waals surface area contributed by atoms with E-state index in [2.05, 4.69) is 63.9 Å². The van der Waals surface area contributed by atoms with Crippen LogP contribution in [0.15, 0.2) is 51.9 Å². The summed E-state index contributed by atoms with van der Waals surface area (Å²) in [4.78, 5) is 6.56. The normalized spacial score (nSPS) is 18.0. The largest absolute Gasteiger partial charge is 0.369 e. The van der Waals surface area contributed by atoms with Crippen LogP contribution in [-0.2, 0) is 0 Å². The molecule has 2 aromatic carbocycles. The third-order valence-electron chi connectivity index (χ3n) is 3.73. The number of hydrogen-bond acceptors (Lipinski definition) is 3. The van der Waals surface area contributed by atoms with E-state index in [1.807, 2.05) is 18.2 Å². The number of hydrogen-bond donors (Lipinski definition) is 1. The van der Waals surface area contributed by atoms with E-state index in [1.165, 1.54) is 16.7 Å². The second-order valence-electron chi connectivity index (χ2n) is 5.46. The molecule has 0 aliphatic carbocycles. The van der Waals surface area contributed by atoms with Crippen LogP contribution in [0.2, 0.25) is 0 Å². The average Bonchev–Trinajstić information content (AvgIpc) is 2.80. The van der Waals surface area contributed by atoms with Crippen molar-refractivity contribution in [2.24, 2.45) is 10.7 Å². The molecule has 4 heteroatoms. The van der Waals surface area contributed by atoms with Crippen molar-refractivity contribution in [3.8, 4) is 0 Å². The highest BCUT2D eigenvalue weighted by Crippen LogP contribution is 2.35. The van der Waals surface area contributed by atoms with E-state index in [9.17, 15) is 0 Å². The van der Waals surface area contributed by atoms with Crippen LogP contribution in [0.1, 0.15) is 22.7 Å². The van der Waals surface area contributed by atoms with Crippen LogP contribution in [0.3, 0.4) is 0 Å². The second-order valence-corrected chi connectivity index (χ2v) is 6.31. The highest BCUT2D eigenvalue weighted by atomic mass is 79.9. The van der Waals surface area contributed by atoms with Gasteiger partial charge in [0.15, 0.2) is 5.96 Å². The Morgan fingerprint density at radius 2 is 1.81 bits per heavy atom. The highest BCUT2D eigenvalue weighted by Gasteiger charge is 2.30. The molecule has 1 heterocycles. The molecular weight excluding hydrogens is 326 g/mol. The number of halogens is 1. The highest BCUT2D eigenvalue weighted by molar-refractivity contribution is 9.10. The van der Waals surface area contributed by atoms with E-state index in [0.29, 0.717) is 12.5 Å². The zero-order valence-corrected chi connectivity index (χ0v) is 13.8. The first-order valence-corrected chi connectivity index (χ1v) is 7.77. The van der Waals surface area contributed by atoms with E-state index in [4.69, 9.17) is 5.73 Å². The number of anilines is 1. The van der Waals surface area contributed by atoms with Gasteiger partial charge < -0.3 is 10.6 Å². The molecule has 0 saturated heterocycles. The Balaban J connectivity index is 2.05. The molecule has 1 aliphatic rings. The van der Waals surface area contributed by atoms with Gasteiger partial charge in [-0.1, -0.05) is 41.5 Å². The molecule has 0 radical (unpaired) electrons. The Hall–Kier alpha value is -1.81. The third-order valence-corrected chi connectivity index (χ3v) is 4.40. The molecule has 1 aliphatic heterocycles. The molecule has 2 N–H and O–H groups in total. The molecule has 2 aromatic rings. The van der Waals surface area contributed by atoms with Crippen LogP contribution in [0.5, 0.6) is 0 Å². The van der Waals surface area contributed by atoms with Crippen molar-refractivity contribution in [3.05, 3.63) is 63.6 Å². The lowest BCUT2D eigenvalue weighted by molar-refractivity contribution is 0.765. The van der Waals surface area contributed by atoms with Crippen molar-refractivity contribution in [2.45, 2.75) is 19.9 Å². The van der Waals surface area contributed by atoms with E-state index >= 15 is 0 Å². The van der Waals surface area contributed by atoms with E-state index in [0.717, 1.165) is 10.2 Å². The minimum atomic E-state index is 0.155. The van der Waals surface area contributed by atoms with Crippen LogP contribution in [0.4, 0.5) is 5.69 Å². The molecule has 0 aromatic heterocycles. The summed E-state index contributed by atoms with van der Waals surface area (Å²) in [6.45, 7) is 4.94. The number of nitrogens with zero attached hydrogens (tertiary/aromatic N) is 2. The van der Waals surface area contributed by atoms with Crippen LogP contribution in [-0.4, -0.2) is 12.5 Å². The number of aryl methyl sites for hydroxylation is 2. The maximum atomic E-state index is 6.14. The summed E-state index contributed by atoms with van der Waals surface area (Å²) < 4.78 is 1.03. The fraction of sp³-hybridized carbons (Fsp3) is 0.235. The maximum Gasteiger partial charge on any atom is 0.196 e. The zero-order valence-electron chi connectivity index (χ0n) is 12.2. The van der Waals surface area contributed by atoms with Gasteiger partial charge in [-0.05, 0) is 47.5 Å². The minimum absolute atomic E-state index is 0.155. The average molecular weight is 344 g/mol. The van der Waals surface area contributed by atoms with Gasteiger partial charge in [0.2, 0.25) is 0 Å². The predicted molar refractivity (Wildman–Crippen MR) is 91.8 cm³/mol. The van der Waals surface area contributed by atoms with Crippen molar-refractivity contribution in [3.63, 3.8) is 0 Å². The fourth-order valence-electron chi connectivity index (χ4n) is 2.89. The van der Waals surface area contributed by atoms with Crippen LogP contribution >= 0.6 is 15.9 Å². The Bertz CT molecular complexity index is 689. The van der Waals surface area contributed by atoms with Gasteiger partial charge in [-0.2, -0.15) is 0 Å². The number of para-hydroxylation sites is 1. The van der Waals surface area contributed by atoms with Gasteiger partial charge >= 0.3 is 0 Å². The molecule has 21 heavy (non-hydrogen) atoms. The van der Waals surface area contributed by atoms with E-state index in [-0.39, 0.29) is 6.04 Å². The molecule has 1 unspecified atom stereocenters. The summed E-state index contributed by atoms with van der Waals surface area (Å²) in [5.74, 6) is 0.575. The number of guanidine groups is 1. The van der Waals surface area contributed by atoms with Crippen LogP contribution < -0.4 is 10.6 Å². The Morgan fingerprint density at radius 1 is 1.14 bits per heavy atom. The van der Waals surface area contributed by atoms with Gasteiger partial charge in [-0.3, -0.25) is 4.99 Å². The number of aliphatic imine (C=N–C) groups is 1. The smallest absolute Gasteiger partial charge is 0.196 e. The first-order chi connectivity index (χ1) is 10.1. The van der Waals surface area contributed by atoms with Gasteiger partial charge in [0.25, 0.3) is 0 Å². The molecular formula is C17H18BrN3. The second kappa shape index (κ2) is 5.53. The van der Waals surface area contributed by atoms with Crippen molar-refractivity contribution in [2.75, 3.05) is 11.4 Å². The quantitative estimate of drug-likeness (QED) is 0.897. The minimum Gasteiger partial charge on any atom is -0.369 e. The van der Waals surface area contributed by atoms with Gasteiger partial charge in [0, 0.05) is 4.47 Å². The number of rotatable bonds is 2. The lowest BCUT2D eigenvalue weighted by Gasteiger charge is -2.28. The van der Waals surface area contributed by atoms with Crippen molar-refractivity contribution < 1.29 is 0 Å². The van der Waals surface area contributed by atoms with Crippen molar-refractivity contribution >= 4 is 27.6 Å². The Morgan fingerprint density at radius 3 is 2.48 bits per heavy atom. The van der Waals surface area contributed by atoms with Gasteiger partial charge in [-0.25, -0.2) is 0 Å². The molecule has 3 rings (SSSR count). The standard InChI is InChI=1S/C17H18BrN3/c1-11-7-12(2)9-13(8-11)16-10-20-17(19)21(16)15-6-4-3-5-14(15)18/h3-9,16H,10H2,1-2H3,(H2,19,20). The summed E-state index contributed by atoms with van der Waals surface area (Å²) >= 11 is 3.61. The van der Waals surface area contributed by atoms with Crippen LogP contribution in [0, 0.1) is 13.8 Å². The van der Waals surface area contributed by atoms with E-state index < -0.39 is 0 Å². The lowest BCUT2D eigenvalue weighted by atomic mass is 10.0. The number of nitrogens with two attached hydrogens (primary N) is 1. The molecule has 0 spiro atoms. The summed E-state index contributed by atoms with van der Waals surface area (Å²) in [5, 5.41) is 0. The van der Waals surface area contributed by atoms with Crippen LogP contribution in [0.25, 0.3) is 0 Å². The van der Waals surface area contributed by atoms with Gasteiger partial charge in [-0.15, -0.1) is 0 Å².